The third-order valence-corrected chi connectivity index (χ3v) is 3.69. The van der Waals surface area contributed by atoms with Crippen LogP contribution in [0.4, 0.5) is 10.1 Å². The van der Waals surface area contributed by atoms with Gasteiger partial charge >= 0.3 is 0 Å². The van der Waals surface area contributed by atoms with Crippen LogP contribution in [0.25, 0.3) is 0 Å². The summed E-state index contributed by atoms with van der Waals surface area (Å²) in [7, 11) is 1.90. The molecule has 0 aliphatic heterocycles. The highest BCUT2D eigenvalue weighted by Gasteiger charge is 2.14. The van der Waals surface area contributed by atoms with E-state index >= 15 is 0 Å². The molecule has 0 saturated carbocycles. The number of halogens is 1. The minimum absolute atomic E-state index is 0.0844. The van der Waals surface area contributed by atoms with Crippen molar-refractivity contribution in [2.75, 3.05) is 11.9 Å². The maximum atomic E-state index is 13.7. The van der Waals surface area contributed by atoms with Gasteiger partial charge in [-0.25, -0.2) is 4.39 Å². The van der Waals surface area contributed by atoms with Gasteiger partial charge in [-0.3, -0.25) is 0 Å². The maximum Gasteiger partial charge on any atom is 0.135 e. The van der Waals surface area contributed by atoms with Crippen LogP contribution in [-0.2, 0) is 6.54 Å². The minimum Gasteiger partial charge on any atom is -0.389 e. The molecule has 0 aliphatic rings. The van der Waals surface area contributed by atoms with Gasteiger partial charge in [0.2, 0.25) is 0 Å². The molecule has 0 saturated heterocycles. The summed E-state index contributed by atoms with van der Waals surface area (Å²) in [5.74, 6) is -0.377. The highest BCUT2D eigenvalue weighted by Crippen LogP contribution is 2.24. The van der Waals surface area contributed by atoms with E-state index in [2.05, 4.69) is 0 Å². The Kier molecular flexibility index (Phi) is 3.93. The zero-order valence-corrected chi connectivity index (χ0v) is 11.5. The first-order valence-electron chi connectivity index (χ1n) is 5.41. The first-order valence-corrected chi connectivity index (χ1v) is 6.70. The molecule has 0 spiro atoms. The lowest BCUT2D eigenvalue weighted by Crippen LogP contribution is -2.22. The summed E-state index contributed by atoms with van der Waals surface area (Å²) in [5, 5.41) is 2.02. The van der Waals surface area contributed by atoms with Gasteiger partial charge in [-0.1, -0.05) is 24.4 Å². The second kappa shape index (κ2) is 5.46. The molecule has 1 aromatic carbocycles. The Hall–Kier alpha value is -1.46. The van der Waals surface area contributed by atoms with E-state index in [-0.39, 0.29) is 10.8 Å². The van der Waals surface area contributed by atoms with E-state index in [0.29, 0.717) is 12.1 Å². The standard InChI is InChI=1S/C13H13FN2S2/c1-16(8-9-4-3-7-18-9)11-6-2-5-10(14)12(11)13(15)17/h2-7H,8H2,1H3,(H2,15,17). The van der Waals surface area contributed by atoms with Gasteiger partial charge in [0.1, 0.15) is 10.8 Å². The molecule has 0 unspecified atom stereocenters. The van der Waals surface area contributed by atoms with E-state index in [1.165, 1.54) is 10.9 Å². The molecule has 0 bridgehead atoms. The fourth-order valence-corrected chi connectivity index (χ4v) is 2.76. The number of hydrogen-bond acceptors (Lipinski definition) is 3. The summed E-state index contributed by atoms with van der Waals surface area (Å²) < 4.78 is 13.7. The Morgan fingerprint density at radius 1 is 1.39 bits per heavy atom. The molecule has 0 aliphatic carbocycles. The smallest absolute Gasteiger partial charge is 0.135 e. The van der Waals surface area contributed by atoms with Crippen molar-refractivity contribution in [2.45, 2.75) is 6.54 Å². The Balaban J connectivity index is 2.32. The molecule has 0 amide bonds. The van der Waals surface area contributed by atoms with Crippen molar-refractivity contribution in [3.05, 3.63) is 52.0 Å². The van der Waals surface area contributed by atoms with Gasteiger partial charge in [0.05, 0.1) is 12.1 Å². The van der Waals surface area contributed by atoms with Crippen molar-refractivity contribution in [3.8, 4) is 0 Å². The number of nitrogens with zero attached hydrogens (tertiary/aromatic N) is 1. The van der Waals surface area contributed by atoms with Crippen LogP contribution in [0.1, 0.15) is 10.4 Å². The molecule has 2 aromatic rings. The topological polar surface area (TPSA) is 29.3 Å². The van der Waals surface area contributed by atoms with Crippen LogP contribution in [0.5, 0.6) is 0 Å². The number of rotatable bonds is 4. The molecule has 2 rings (SSSR count). The molecule has 2 nitrogen and oxygen atoms in total. The molecular formula is C13H13FN2S2. The molecule has 2 N–H and O–H groups in total. The Morgan fingerprint density at radius 3 is 2.78 bits per heavy atom. The fraction of sp³-hybridized carbons (Fsp3) is 0.154. The zero-order valence-electron chi connectivity index (χ0n) is 9.89. The number of hydrogen-bond donors (Lipinski definition) is 1. The lowest BCUT2D eigenvalue weighted by atomic mass is 10.1. The highest BCUT2D eigenvalue weighted by atomic mass is 32.1. The van der Waals surface area contributed by atoms with E-state index in [4.69, 9.17) is 18.0 Å². The monoisotopic (exact) mass is 280 g/mol. The van der Waals surface area contributed by atoms with Gasteiger partial charge in [-0.05, 0) is 23.6 Å². The Morgan fingerprint density at radius 2 is 2.17 bits per heavy atom. The minimum atomic E-state index is -0.377. The van der Waals surface area contributed by atoms with Crippen LogP contribution >= 0.6 is 23.6 Å². The van der Waals surface area contributed by atoms with Crippen molar-refractivity contribution in [2.24, 2.45) is 5.73 Å². The van der Waals surface area contributed by atoms with E-state index < -0.39 is 0 Å². The van der Waals surface area contributed by atoms with E-state index in [9.17, 15) is 4.39 Å². The van der Waals surface area contributed by atoms with E-state index in [1.807, 2.05) is 35.5 Å². The number of thiocarbonyl (C=S) groups is 1. The molecule has 18 heavy (non-hydrogen) atoms. The predicted octanol–water partition coefficient (Wildman–Crippen LogP) is 3.16. The van der Waals surface area contributed by atoms with E-state index in [0.717, 1.165) is 5.69 Å². The first kappa shape index (κ1) is 13.0. The van der Waals surface area contributed by atoms with Crippen molar-refractivity contribution in [3.63, 3.8) is 0 Å². The number of nitrogens with two attached hydrogens (primary N) is 1. The summed E-state index contributed by atoms with van der Waals surface area (Å²) >= 11 is 6.58. The van der Waals surface area contributed by atoms with Gasteiger partial charge in [0.25, 0.3) is 0 Å². The molecule has 0 fully saturated rings. The number of anilines is 1. The normalized spacial score (nSPS) is 10.3. The lowest BCUT2D eigenvalue weighted by molar-refractivity contribution is 0.625. The highest BCUT2D eigenvalue weighted by molar-refractivity contribution is 7.80. The van der Waals surface area contributed by atoms with Crippen LogP contribution in [-0.4, -0.2) is 12.0 Å². The average Bonchev–Trinajstić information content (AvgIpc) is 2.80. The van der Waals surface area contributed by atoms with Crippen molar-refractivity contribution < 1.29 is 4.39 Å². The second-order valence-corrected chi connectivity index (χ2v) is 5.41. The summed E-state index contributed by atoms with van der Waals surface area (Å²) in [4.78, 5) is 3.24. The quantitative estimate of drug-likeness (QED) is 0.872. The first-order chi connectivity index (χ1) is 8.59. The third kappa shape index (κ3) is 2.68. The SMILES string of the molecule is CN(Cc1cccs1)c1cccc(F)c1C(N)=S. The lowest BCUT2D eigenvalue weighted by Gasteiger charge is -2.21. The second-order valence-electron chi connectivity index (χ2n) is 3.93. The van der Waals surface area contributed by atoms with Gasteiger partial charge < -0.3 is 10.6 Å². The Labute approximate surface area is 115 Å². The summed E-state index contributed by atoms with van der Waals surface area (Å²) in [6, 6.07) is 8.90. The largest absolute Gasteiger partial charge is 0.389 e. The predicted molar refractivity (Wildman–Crippen MR) is 78.7 cm³/mol. The number of benzene rings is 1. The van der Waals surface area contributed by atoms with Crippen molar-refractivity contribution >= 4 is 34.2 Å². The van der Waals surface area contributed by atoms with Crippen molar-refractivity contribution in [1.82, 2.24) is 0 Å². The molecule has 0 atom stereocenters. The van der Waals surface area contributed by atoms with Crippen LogP contribution in [0.3, 0.4) is 0 Å². The number of thiophene rings is 1. The summed E-state index contributed by atoms with van der Waals surface area (Å²) in [6.45, 7) is 0.705. The van der Waals surface area contributed by atoms with Crippen LogP contribution in [0, 0.1) is 5.82 Å². The molecule has 94 valence electrons. The van der Waals surface area contributed by atoms with Crippen molar-refractivity contribution in [1.29, 1.82) is 0 Å². The molecular weight excluding hydrogens is 267 g/mol. The summed E-state index contributed by atoms with van der Waals surface area (Å²) in [5.41, 5.74) is 6.62. The van der Waals surface area contributed by atoms with Gasteiger partial charge in [-0.2, -0.15) is 0 Å². The van der Waals surface area contributed by atoms with Crippen LogP contribution in [0.2, 0.25) is 0 Å². The van der Waals surface area contributed by atoms with E-state index in [1.54, 1.807) is 17.4 Å². The third-order valence-electron chi connectivity index (χ3n) is 2.62. The van der Waals surface area contributed by atoms with Gasteiger partial charge in [0, 0.05) is 17.6 Å². The molecule has 5 heteroatoms. The summed E-state index contributed by atoms with van der Waals surface area (Å²) in [6.07, 6.45) is 0. The Bertz CT molecular complexity index is 552. The molecule has 1 aromatic heterocycles. The fourth-order valence-electron chi connectivity index (χ4n) is 1.80. The van der Waals surface area contributed by atoms with Gasteiger partial charge in [-0.15, -0.1) is 11.3 Å². The van der Waals surface area contributed by atoms with Crippen LogP contribution < -0.4 is 10.6 Å². The van der Waals surface area contributed by atoms with Gasteiger partial charge in [0.15, 0.2) is 0 Å². The van der Waals surface area contributed by atoms with Crippen LogP contribution in [0.15, 0.2) is 35.7 Å². The molecule has 0 radical (unpaired) electrons. The zero-order chi connectivity index (χ0) is 13.1. The average molecular weight is 280 g/mol. The maximum absolute atomic E-state index is 13.7. The molecule has 1 heterocycles.